The number of rotatable bonds is 5. The van der Waals surface area contributed by atoms with Gasteiger partial charge in [-0.2, -0.15) is 0 Å². The Morgan fingerprint density at radius 3 is 2.28 bits per heavy atom. The minimum atomic E-state index is -0.363. The first kappa shape index (κ1) is 15.2. The Morgan fingerprint density at radius 2 is 1.83 bits per heavy atom. The lowest BCUT2D eigenvalue weighted by molar-refractivity contribution is -0.136. The van der Waals surface area contributed by atoms with Gasteiger partial charge in [0.15, 0.2) is 5.78 Å². The summed E-state index contributed by atoms with van der Waals surface area (Å²) in [5.41, 5.74) is 0.790. The predicted molar refractivity (Wildman–Crippen MR) is 75.0 cm³/mol. The van der Waals surface area contributed by atoms with Crippen LogP contribution in [0.4, 0.5) is 0 Å². The minimum Gasteiger partial charge on any atom is -0.370 e. The lowest BCUT2D eigenvalue weighted by Crippen LogP contribution is -2.38. The third kappa shape index (κ3) is 4.43. The Kier molecular flexibility index (Phi) is 5.36. The molecule has 1 unspecified atom stereocenters. The van der Waals surface area contributed by atoms with Gasteiger partial charge < -0.3 is 4.74 Å². The zero-order chi connectivity index (χ0) is 13.8. The lowest BCUT2D eigenvalue weighted by atomic mass is 9.84. The molecule has 3 heteroatoms. The van der Waals surface area contributed by atoms with E-state index in [1.807, 2.05) is 39.8 Å². The molecule has 0 aromatic heterocycles. The summed E-state index contributed by atoms with van der Waals surface area (Å²) in [6.07, 6.45) is 0.0252. The Bertz CT molecular complexity index is 390. The largest absolute Gasteiger partial charge is 0.370 e. The van der Waals surface area contributed by atoms with Crippen molar-refractivity contribution < 1.29 is 9.53 Å². The van der Waals surface area contributed by atoms with Gasteiger partial charge in [0.1, 0.15) is 6.10 Å². The highest BCUT2D eigenvalue weighted by Gasteiger charge is 2.31. The molecule has 0 fully saturated rings. The van der Waals surface area contributed by atoms with Crippen LogP contribution in [0.3, 0.4) is 0 Å². The summed E-state index contributed by atoms with van der Waals surface area (Å²) in [4.78, 5) is 12.3. The summed E-state index contributed by atoms with van der Waals surface area (Å²) >= 11 is 5.82. The number of ether oxygens (including phenoxy) is 1. The number of halogens is 1. The van der Waals surface area contributed by atoms with Crippen molar-refractivity contribution in [3.63, 3.8) is 0 Å². The Morgan fingerprint density at radius 1 is 1.28 bits per heavy atom. The van der Waals surface area contributed by atoms with E-state index in [9.17, 15) is 4.79 Å². The number of Topliss-reactive ketones (excluding diaryl/α,β-unsaturated/α-hetero) is 1. The lowest BCUT2D eigenvalue weighted by Gasteiger charge is -2.29. The van der Waals surface area contributed by atoms with Crippen LogP contribution in [0.2, 0.25) is 5.02 Å². The van der Waals surface area contributed by atoms with E-state index >= 15 is 0 Å². The van der Waals surface area contributed by atoms with Gasteiger partial charge in [-0.15, -0.1) is 0 Å². The highest BCUT2D eigenvalue weighted by Crippen LogP contribution is 2.24. The van der Waals surface area contributed by atoms with Gasteiger partial charge >= 0.3 is 0 Å². The van der Waals surface area contributed by atoms with Crippen molar-refractivity contribution >= 4 is 17.4 Å². The van der Waals surface area contributed by atoms with Crippen molar-refractivity contribution in [3.05, 3.63) is 34.9 Å². The molecule has 1 aromatic rings. The zero-order valence-electron chi connectivity index (χ0n) is 11.5. The van der Waals surface area contributed by atoms with Gasteiger partial charge in [-0.05, 0) is 30.0 Å². The summed E-state index contributed by atoms with van der Waals surface area (Å²) in [5.74, 6) is 0.117. The van der Waals surface area contributed by atoms with Crippen molar-refractivity contribution in [2.45, 2.75) is 40.2 Å². The Hall–Kier alpha value is -0.860. The van der Waals surface area contributed by atoms with E-state index in [1.165, 1.54) is 0 Å². The molecule has 0 radical (unpaired) electrons. The van der Waals surface area contributed by atoms with E-state index in [0.717, 1.165) is 5.56 Å². The van der Waals surface area contributed by atoms with Gasteiger partial charge in [0.2, 0.25) is 0 Å². The monoisotopic (exact) mass is 268 g/mol. The fraction of sp³-hybridized carbons (Fsp3) is 0.533. The van der Waals surface area contributed by atoms with Crippen molar-refractivity contribution in [3.8, 4) is 0 Å². The quantitative estimate of drug-likeness (QED) is 0.810. The summed E-state index contributed by atoms with van der Waals surface area (Å²) in [5, 5.41) is 0.684. The van der Waals surface area contributed by atoms with Gasteiger partial charge in [0.05, 0.1) is 0 Å². The van der Waals surface area contributed by atoms with Crippen LogP contribution in [0.1, 0.15) is 33.3 Å². The van der Waals surface area contributed by atoms with Crippen molar-refractivity contribution in [1.29, 1.82) is 0 Å². The summed E-state index contributed by atoms with van der Waals surface area (Å²) in [6.45, 7) is 8.52. The molecule has 100 valence electrons. The number of carbonyl (C=O) groups excluding carboxylic acids is 1. The maximum Gasteiger partial charge on any atom is 0.166 e. The van der Waals surface area contributed by atoms with Gasteiger partial charge in [-0.1, -0.05) is 44.5 Å². The normalized spacial score (nSPS) is 13.4. The maximum absolute atomic E-state index is 12.3. The van der Waals surface area contributed by atoms with Crippen molar-refractivity contribution in [2.75, 3.05) is 6.61 Å². The van der Waals surface area contributed by atoms with Crippen LogP contribution in [0, 0.1) is 5.41 Å². The Labute approximate surface area is 114 Å². The van der Waals surface area contributed by atoms with Crippen LogP contribution >= 0.6 is 11.6 Å². The van der Waals surface area contributed by atoms with E-state index in [-0.39, 0.29) is 17.3 Å². The molecule has 0 amide bonds. The third-order valence-corrected chi connectivity index (χ3v) is 2.96. The second-order valence-electron chi connectivity index (χ2n) is 5.47. The van der Waals surface area contributed by atoms with E-state index in [4.69, 9.17) is 16.3 Å². The summed E-state index contributed by atoms with van der Waals surface area (Å²) in [6, 6.07) is 7.37. The second-order valence-corrected chi connectivity index (χ2v) is 5.91. The highest BCUT2D eigenvalue weighted by atomic mass is 35.5. The molecule has 2 nitrogen and oxygen atoms in total. The van der Waals surface area contributed by atoms with E-state index in [1.54, 1.807) is 12.1 Å². The van der Waals surface area contributed by atoms with E-state index in [0.29, 0.717) is 18.1 Å². The molecule has 1 aromatic carbocycles. The smallest absolute Gasteiger partial charge is 0.166 e. The number of ketones is 1. The molecule has 0 heterocycles. The fourth-order valence-corrected chi connectivity index (χ4v) is 2.01. The zero-order valence-corrected chi connectivity index (χ0v) is 12.3. The summed E-state index contributed by atoms with van der Waals surface area (Å²) in [7, 11) is 0. The molecule has 0 aliphatic rings. The maximum atomic E-state index is 12.3. The molecule has 0 saturated carbocycles. The van der Waals surface area contributed by atoms with Crippen molar-refractivity contribution in [1.82, 2.24) is 0 Å². The average Bonchev–Trinajstić information content (AvgIpc) is 2.27. The molecule has 0 aliphatic carbocycles. The average molecular weight is 269 g/mol. The van der Waals surface area contributed by atoms with Gasteiger partial charge in [0.25, 0.3) is 0 Å². The van der Waals surface area contributed by atoms with Crippen LogP contribution in [0.25, 0.3) is 0 Å². The molecule has 18 heavy (non-hydrogen) atoms. The molecule has 0 spiro atoms. The van der Waals surface area contributed by atoms with Gasteiger partial charge in [0, 0.05) is 18.1 Å². The molecule has 0 N–H and O–H groups in total. The molecular weight excluding hydrogens is 248 g/mol. The number of hydrogen-bond acceptors (Lipinski definition) is 2. The number of carbonyl (C=O) groups is 1. The van der Waals surface area contributed by atoms with E-state index in [2.05, 4.69) is 0 Å². The first-order chi connectivity index (χ1) is 8.34. The van der Waals surface area contributed by atoms with Crippen LogP contribution in [-0.4, -0.2) is 18.5 Å². The molecule has 0 saturated heterocycles. The second kappa shape index (κ2) is 6.35. The van der Waals surface area contributed by atoms with Gasteiger partial charge in [-0.25, -0.2) is 0 Å². The van der Waals surface area contributed by atoms with Crippen LogP contribution in [0.5, 0.6) is 0 Å². The number of benzene rings is 1. The third-order valence-electron chi connectivity index (χ3n) is 2.70. The first-order valence-electron chi connectivity index (χ1n) is 6.23. The van der Waals surface area contributed by atoms with Gasteiger partial charge in [-0.3, -0.25) is 4.79 Å². The highest BCUT2D eigenvalue weighted by molar-refractivity contribution is 6.30. The Balaban J connectivity index is 2.76. The van der Waals surface area contributed by atoms with Crippen LogP contribution in [-0.2, 0) is 16.0 Å². The van der Waals surface area contributed by atoms with E-state index < -0.39 is 0 Å². The predicted octanol–water partition coefficient (Wildman–Crippen LogP) is 3.90. The van der Waals surface area contributed by atoms with Crippen LogP contribution < -0.4 is 0 Å². The van der Waals surface area contributed by atoms with Crippen LogP contribution in [0.15, 0.2) is 24.3 Å². The molecule has 1 rings (SSSR count). The standard InChI is InChI=1S/C15H21ClO2/c1-5-18-14(15(2,3)4)13(17)10-11-6-8-12(16)9-7-11/h6-9,14H,5,10H2,1-4H3. The molecule has 1 atom stereocenters. The fourth-order valence-electron chi connectivity index (χ4n) is 1.89. The topological polar surface area (TPSA) is 26.3 Å². The van der Waals surface area contributed by atoms with Crippen molar-refractivity contribution in [2.24, 2.45) is 5.41 Å². The molecule has 0 bridgehead atoms. The summed E-state index contributed by atoms with van der Waals surface area (Å²) < 4.78 is 5.59. The molecule has 0 aliphatic heterocycles. The molecular formula is C15H21ClO2. The number of hydrogen-bond donors (Lipinski definition) is 0. The minimum absolute atomic E-state index is 0.117. The first-order valence-corrected chi connectivity index (χ1v) is 6.61. The SMILES string of the molecule is CCOC(C(=O)Cc1ccc(Cl)cc1)C(C)(C)C.